The summed E-state index contributed by atoms with van der Waals surface area (Å²) in [6.45, 7) is 6.68. The van der Waals surface area contributed by atoms with Gasteiger partial charge in [0.05, 0.1) is 0 Å². The molecule has 4 saturated carbocycles. The average Bonchev–Trinajstić information content (AvgIpc) is 1.95. The lowest BCUT2D eigenvalue weighted by atomic mass is 9.40. The number of rotatable bonds is 1. The van der Waals surface area contributed by atoms with E-state index in [-0.39, 0.29) is 5.41 Å². The number of ketones is 1. The van der Waals surface area contributed by atoms with Gasteiger partial charge in [0.15, 0.2) is 0 Å². The molecule has 4 aliphatic rings. The molecule has 4 rings (SSSR count). The van der Waals surface area contributed by atoms with Crippen LogP contribution in [0.4, 0.5) is 0 Å². The molecule has 4 fully saturated rings. The topological polar surface area (TPSA) is 17.1 Å². The van der Waals surface area contributed by atoms with Crippen LogP contribution in [0.15, 0.2) is 0 Å². The van der Waals surface area contributed by atoms with Crippen LogP contribution in [0.3, 0.4) is 0 Å². The van der Waals surface area contributed by atoms with Gasteiger partial charge in [0.25, 0.3) is 0 Å². The molecule has 1 heteroatoms. The fourth-order valence-corrected chi connectivity index (χ4v) is 5.84. The van der Waals surface area contributed by atoms with Gasteiger partial charge in [-0.1, -0.05) is 13.8 Å². The lowest BCUT2D eigenvalue weighted by molar-refractivity contribution is -0.166. The SMILES string of the molecule is CC(=O)C12CC3CC(C)(CC(C)(C3)C1)C2. The highest BCUT2D eigenvalue weighted by molar-refractivity contribution is 5.83. The van der Waals surface area contributed by atoms with Crippen LogP contribution in [0.2, 0.25) is 0 Å². The molecule has 84 valence electrons. The fourth-order valence-electron chi connectivity index (χ4n) is 5.84. The van der Waals surface area contributed by atoms with Crippen molar-refractivity contribution in [2.45, 2.75) is 59.3 Å². The highest BCUT2D eigenvalue weighted by atomic mass is 16.1. The van der Waals surface area contributed by atoms with E-state index in [0.717, 1.165) is 5.92 Å². The Hall–Kier alpha value is -0.330. The third-order valence-electron chi connectivity index (χ3n) is 5.37. The van der Waals surface area contributed by atoms with E-state index >= 15 is 0 Å². The second-order valence-electron chi connectivity index (χ2n) is 7.47. The Bertz CT molecular complexity index is 312. The van der Waals surface area contributed by atoms with Gasteiger partial charge >= 0.3 is 0 Å². The summed E-state index contributed by atoms with van der Waals surface area (Å²) < 4.78 is 0. The van der Waals surface area contributed by atoms with Crippen LogP contribution in [0.5, 0.6) is 0 Å². The Balaban J connectivity index is 2.05. The molecule has 1 nitrogen and oxygen atoms in total. The Labute approximate surface area is 92.6 Å². The minimum absolute atomic E-state index is 0.0862. The Morgan fingerprint density at radius 3 is 1.93 bits per heavy atom. The normalized spacial score (nSPS) is 57.1. The molecule has 2 unspecified atom stereocenters. The van der Waals surface area contributed by atoms with Crippen LogP contribution < -0.4 is 0 Å². The number of hydrogen-bond acceptors (Lipinski definition) is 1. The first-order chi connectivity index (χ1) is 6.85. The van der Waals surface area contributed by atoms with E-state index in [9.17, 15) is 4.79 Å². The summed E-state index contributed by atoms with van der Waals surface area (Å²) in [4.78, 5) is 12.0. The summed E-state index contributed by atoms with van der Waals surface area (Å²) in [6.07, 6.45) is 7.71. The van der Waals surface area contributed by atoms with Crippen molar-refractivity contribution in [3.63, 3.8) is 0 Å². The third-order valence-corrected chi connectivity index (χ3v) is 5.37. The molecular formula is C14H22O. The van der Waals surface area contributed by atoms with Gasteiger partial charge in [-0.05, 0) is 62.2 Å². The summed E-state index contributed by atoms with van der Waals surface area (Å²) in [5, 5.41) is 0. The number of Topliss-reactive ketones (excluding diaryl/α,β-unsaturated/α-hetero) is 1. The van der Waals surface area contributed by atoms with Gasteiger partial charge in [-0.15, -0.1) is 0 Å². The molecular weight excluding hydrogens is 184 g/mol. The minimum Gasteiger partial charge on any atom is -0.299 e. The zero-order chi connectivity index (χ0) is 10.9. The second-order valence-corrected chi connectivity index (χ2v) is 7.47. The van der Waals surface area contributed by atoms with Crippen molar-refractivity contribution in [3.05, 3.63) is 0 Å². The van der Waals surface area contributed by atoms with Gasteiger partial charge in [0, 0.05) is 5.41 Å². The van der Waals surface area contributed by atoms with E-state index < -0.39 is 0 Å². The van der Waals surface area contributed by atoms with Crippen molar-refractivity contribution < 1.29 is 4.79 Å². The van der Waals surface area contributed by atoms with E-state index in [4.69, 9.17) is 0 Å². The van der Waals surface area contributed by atoms with Crippen molar-refractivity contribution in [2.24, 2.45) is 22.2 Å². The van der Waals surface area contributed by atoms with Crippen LogP contribution in [0, 0.1) is 22.2 Å². The third kappa shape index (κ3) is 1.24. The number of carbonyl (C=O) groups excluding carboxylic acids is 1. The van der Waals surface area contributed by atoms with Gasteiger partial charge in [-0.2, -0.15) is 0 Å². The molecule has 0 spiro atoms. The van der Waals surface area contributed by atoms with E-state index in [1.165, 1.54) is 38.5 Å². The smallest absolute Gasteiger partial charge is 0.136 e. The maximum Gasteiger partial charge on any atom is 0.136 e. The van der Waals surface area contributed by atoms with E-state index in [1.54, 1.807) is 0 Å². The first-order valence-electron chi connectivity index (χ1n) is 6.36. The van der Waals surface area contributed by atoms with Crippen molar-refractivity contribution in [2.75, 3.05) is 0 Å². The first-order valence-corrected chi connectivity index (χ1v) is 6.36. The van der Waals surface area contributed by atoms with Crippen LogP contribution >= 0.6 is 0 Å². The first kappa shape index (κ1) is 9.86. The molecule has 0 radical (unpaired) electrons. The monoisotopic (exact) mass is 206 g/mol. The lowest BCUT2D eigenvalue weighted by Crippen LogP contribution is -2.57. The predicted molar refractivity (Wildman–Crippen MR) is 60.5 cm³/mol. The molecule has 0 aromatic carbocycles. The summed E-state index contributed by atoms with van der Waals surface area (Å²) in [5.74, 6) is 1.32. The van der Waals surface area contributed by atoms with E-state index in [2.05, 4.69) is 13.8 Å². The molecule has 0 aromatic rings. The molecule has 0 aromatic heterocycles. The molecule has 4 aliphatic carbocycles. The predicted octanol–water partition coefficient (Wildman–Crippen LogP) is 3.57. The highest BCUT2D eigenvalue weighted by Gasteiger charge is 2.61. The van der Waals surface area contributed by atoms with Gasteiger partial charge in [0.2, 0.25) is 0 Å². The molecule has 0 saturated heterocycles. The van der Waals surface area contributed by atoms with Crippen molar-refractivity contribution >= 4 is 5.78 Å². The van der Waals surface area contributed by atoms with Crippen molar-refractivity contribution in [3.8, 4) is 0 Å². The summed E-state index contributed by atoms with van der Waals surface area (Å²) >= 11 is 0. The molecule has 2 atom stereocenters. The standard InChI is InChI=1S/C14H22O/c1-10(15)14-6-11-4-12(2,8-14)7-13(3,5-11)9-14/h11H,4-9H2,1-3H3. The zero-order valence-corrected chi connectivity index (χ0v) is 10.2. The number of hydrogen-bond donors (Lipinski definition) is 0. The van der Waals surface area contributed by atoms with Crippen molar-refractivity contribution in [1.82, 2.24) is 0 Å². The summed E-state index contributed by atoms with van der Waals surface area (Å²) in [5.41, 5.74) is 1.06. The van der Waals surface area contributed by atoms with Crippen LogP contribution in [0.25, 0.3) is 0 Å². The molecule has 15 heavy (non-hydrogen) atoms. The Kier molecular flexibility index (Phi) is 1.64. The zero-order valence-electron chi connectivity index (χ0n) is 10.2. The average molecular weight is 206 g/mol. The van der Waals surface area contributed by atoms with Crippen LogP contribution in [-0.2, 0) is 4.79 Å². The van der Waals surface area contributed by atoms with Crippen LogP contribution in [-0.4, -0.2) is 5.78 Å². The van der Waals surface area contributed by atoms with E-state index in [0.29, 0.717) is 16.6 Å². The molecule has 4 bridgehead atoms. The largest absolute Gasteiger partial charge is 0.299 e. The van der Waals surface area contributed by atoms with Crippen molar-refractivity contribution in [1.29, 1.82) is 0 Å². The Morgan fingerprint density at radius 1 is 1.00 bits per heavy atom. The van der Waals surface area contributed by atoms with Gasteiger partial charge in [-0.3, -0.25) is 4.79 Å². The van der Waals surface area contributed by atoms with Crippen LogP contribution in [0.1, 0.15) is 59.3 Å². The quantitative estimate of drug-likeness (QED) is 0.641. The van der Waals surface area contributed by atoms with Gasteiger partial charge in [-0.25, -0.2) is 0 Å². The fraction of sp³-hybridized carbons (Fsp3) is 0.929. The second kappa shape index (κ2) is 2.49. The lowest BCUT2D eigenvalue weighted by Gasteiger charge is -2.64. The summed E-state index contributed by atoms with van der Waals surface area (Å²) in [7, 11) is 0. The molecule has 0 amide bonds. The molecule has 0 heterocycles. The summed E-state index contributed by atoms with van der Waals surface area (Å²) in [6, 6.07) is 0. The Morgan fingerprint density at radius 2 is 1.53 bits per heavy atom. The number of carbonyl (C=O) groups is 1. The minimum atomic E-state index is 0.0862. The maximum absolute atomic E-state index is 12.0. The van der Waals surface area contributed by atoms with Gasteiger partial charge < -0.3 is 0 Å². The highest BCUT2D eigenvalue weighted by Crippen LogP contribution is 2.69. The maximum atomic E-state index is 12.0. The van der Waals surface area contributed by atoms with Gasteiger partial charge in [0.1, 0.15) is 5.78 Å². The van der Waals surface area contributed by atoms with E-state index in [1.807, 2.05) is 6.92 Å². The molecule has 0 N–H and O–H groups in total. The molecule has 0 aliphatic heterocycles.